The Morgan fingerprint density at radius 2 is 2.16 bits per heavy atom. The molecule has 1 spiro atoms. The zero-order valence-electron chi connectivity index (χ0n) is 17.7. The van der Waals surface area contributed by atoms with E-state index in [1.54, 1.807) is 12.1 Å². The molecule has 1 saturated heterocycles. The molecule has 1 aliphatic carbocycles. The quantitative estimate of drug-likeness (QED) is 0.748. The van der Waals surface area contributed by atoms with Gasteiger partial charge in [-0.15, -0.1) is 0 Å². The Labute approximate surface area is 185 Å². The van der Waals surface area contributed by atoms with Crippen molar-refractivity contribution in [3.05, 3.63) is 48.0 Å². The van der Waals surface area contributed by atoms with Gasteiger partial charge in [0.2, 0.25) is 11.9 Å². The van der Waals surface area contributed by atoms with Crippen molar-refractivity contribution in [1.29, 1.82) is 0 Å². The van der Waals surface area contributed by atoms with Gasteiger partial charge in [-0.2, -0.15) is 4.39 Å². The van der Waals surface area contributed by atoms with Gasteiger partial charge >= 0.3 is 0 Å². The molecule has 1 amide bonds. The summed E-state index contributed by atoms with van der Waals surface area (Å²) in [5, 5.41) is 0. The molecule has 4 heterocycles. The van der Waals surface area contributed by atoms with E-state index in [1.807, 2.05) is 23.1 Å². The van der Waals surface area contributed by atoms with E-state index in [9.17, 15) is 9.18 Å². The van der Waals surface area contributed by atoms with Gasteiger partial charge in [0.25, 0.3) is 6.02 Å². The van der Waals surface area contributed by atoms with Crippen molar-refractivity contribution < 1.29 is 18.7 Å². The summed E-state index contributed by atoms with van der Waals surface area (Å²) in [6.07, 6.45) is 4.98. The molecule has 0 bridgehead atoms. The lowest BCUT2D eigenvalue weighted by molar-refractivity contribution is -0.137. The lowest BCUT2D eigenvalue weighted by Crippen LogP contribution is -2.58. The highest BCUT2D eigenvalue weighted by atomic mass is 19.1. The average Bonchev–Trinajstić information content (AvgIpc) is 3.53. The second-order valence-electron chi connectivity index (χ2n) is 9.25. The highest BCUT2D eigenvalue weighted by Gasteiger charge is 2.56. The summed E-state index contributed by atoms with van der Waals surface area (Å²) in [5.41, 5.74) is 7.14. The maximum absolute atomic E-state index is 14.4. The average molecular weight is 436 g/mol. The van der Waals surface area contributed by atoms with Crippen molar-refractivity contribution in [2.75, 3.05) is 19.7 Å². The molecule has 1 unspecified atom stereocenters. The molecule has 3 aliphatic heterocycles. The van der Waals surface area contributed by atoms with Gasteiger partial charge in [-0.05, 0) is 48.6 Å². The van der Waals surface area contributed by atoms with Crippen LogP contribution in [0.1, 0.15) is 31.2 Å². The summed E-state index contributed by atoms with van der Waals surface area (Å²) in [5.74, 6) is 0.823. The molecule has 166 valence electrons. The predicted molar refractivity (Wildman–Crippen MR) is 115 cm³/mol. The number of carbonyl (C=O) groups is 1. The largest absolute Gasteiger partial charge is 0.490 e. The predicted octanol–water partition coefficient (Wildman–Crippen LogP) is 2.84. The summed E-state index contributed by atoms with van der Waals surface area (Å²) >= 11 is 0. The Morgan fingerprint density at radius 3 is 2.91 bits per heavy atom. The molecule has 1 aromatic heterocycles. The first kappa shape index (κ1) is 19.5. The molecule has 0 radical (unpaired) electrons. The van der Waals surface area contributed by atoms with Gasteiger partial charge in [-0.3, -0.25) is 4.79 Å². The Bertz CT molecular complexity index is 1120. The van der Waals surface area contributed by atoms with E-state index in [-0.39, 0.29) is 30.6 Å². The van der Waals surface area contributed by atoms with Crippen LogP contribution in [0.25, 0.3) is 11.1 Å². The van der Waals surface area contributed by atoms with Crippen molar-refractivity contribution in [2.45, 2.75) is 37.3 Å². The monoisotopic (exact) mass is 436 g/mol. The molecule has 32 heavy (non-hydrogen) atoms. The van der Waals surface area contributed by atoms with E-state index in [0.717, 1.165) is 24.8 Å². The fourth-order valence-electron chi connectivity index (χ4n) is 5.33. The number of rotatable bonds is 3. The van der Waals surface area contributed by atoms with E-state index >= 15 is 0 Å². The third kappa shape index (κ3) is 3.12. The summed E-state index contributed by atoms with van der Waals surface area (Å²) in [4.78, 5) is 23.4. The molecular formula is C24H25FN4O3. The topological polar surface area (TPSA) is 90.0 Å². The van der Waals surface area contributed by atoms with Gasteiger partial charge in [0.1, 0.15) is 24.0 Å². The maximum atomic E-state index is 14.4. The van der Waals surface area contributed by atoms with Crippen LogP contribution in [0.2, 0.25) is 0 Å². The van der Waals surface area contributed by atoms with Gasteiger partial charge in [-0.1, -0.05) is 6.07 Å². The second kappa shape index (κ2) is 7.18. The van der Waals surface area contributed by atoms with Crippen LogP contribution in [0, 0.1) is 17.8 Å². The van der Waals surface area contributed by atoms with Crippen LogP contribution in [-0.2, 0) is 15.1 Å². The normalized spacial score (nSPS) is 28.4. The first-order valence-corrected chi connectivity index (χ1v) is 11.2. The number of amides is 1. The fourth-order valence-corrected chi connectivity index (χ4v) is 5.33. The SMILES string of the molecule is NC1=N[C@@]2(CO1)c1cc(-c3cccnc3F)ccc1O[C@H]1CCN(C(=O)CC3CC3)CC12. The van der Waals surface area contributed by atoms with Crippen LogP contribution in [0.5, 0.6) is 5.75 Å². The molecule has 2 fully saturated rings. The summed E-state index contributed by atoms with van der Waals surface area (Å²) in [7, 11) is 0. The van der Waals surface area contributed by atoms with Crippen molar-refractivity contribution in [3.63, 3.8) is 0 Å². The van der Waals surface area contributed by atoms with E-state index in [0.29, 0.717) is 42.3 Å². The number of carbonyl (C=O) groups excluding carboxylic acids is 1. The summed E-state index contributed by atoms with van der Waals surface area (Å²) < 4.78 is 26.5. The molecule has 7 nitrogen and oxygen atoms in total. The molecule has 8 heteroatoms. The van der Waals surface area contributed by atoms with E-state index in [2.05, 4.69) is 4.98 Å². The first-order valence-electron chi connectivity index (χ1n) is 11.2. The minimum atomic E-state index is -0.768. The molecule has 2 N–H and O–H groups in total. The summed E-state index contributed by atoms with van der Waals surface area (Å²) in [6.45, 7) is 1.50. The number of nitrogens with two attached hydrogens (primary N) is 1. The third-order valence-electron chi connectivity index (χ3n) is 7.22. The number of hydrogen-bond acceptors (Lipinski definition) is 6. The number of aromatic nitrogens is 1. The number of fused-ring (bicyclic) bond motifs is 4. The van der Waals surface area contributed by atoms with Crippen LogP contribution in [0.4, 0.5) is 4.39 Å². The van der Waals surface area contributed by atoms with Gasteiger partial charge in [0, 0.05) is 49.2 Å². The number of piperidine rings is 1. The third-order valence-corrected chi connectivity index (χ3v) is 7.22. The molecular weight excluding hydrogens is 411 g/mol. The van der Waals surface area contributed by atoms with Crippen LogP contribution in [0.15, 0.2) is 41.5 Å². The zero-order chi connectivity index (χ0) is 21.9. The molecule has 1 aromatic carbocycles. The zero-order valence-corrected chi connectivity index (χ0v) is 17.7. The summed E-state index contributed by atoms with van der Waals surface area (Å²) in [6, 6.07) is 9.15. The van der Waals surface area contributed by atoms with E-state index in [4.69, 9.17) is 20.2 Å². The molecule has 6 rings (SSSR count). The van der Waals surface area contributed by atoms with Gasteiger partial charge in [0.05, 0.1) is 0 Å². The highest BCUT2D eigenvalue weighted by Crippen LogP contribution is 2.51. The van der Waals surface area contributed by atoms with E-state index in [1.165, 1.54) is 6.20 Å². The van der Waals surface area contributed by atoms with Crippen LogP contribution in [-0.4, -0.2) is 47.6 Å². The first-order chi connectivity index (χ1) is 15.5. The van der Waals surface area contributed by atoms with Gasteiger partial charge in [0.15, 0.2) is 0 Å². The Kier molecular flexibility index (Phi) is 4.38. The van der Waals surface area contributed by atoms with Crippen LogP contribution >= 0.6 is 0 Å². The lowest BCUT2D eigenvalue weighted by Gasteiger charge is -2.49. The fraction of sp³-hybridized carbons (Fsp3) is 0.458. The maximum Gasteiger partial charge on any atom is 0.283 e. The standard InChI is InChI=1S/C24H25FN4O3/c25-22-16(2-1-8-27-22)15-5-6-19-17(11-15)24(13-31-23(26)28-24)18-12-29(9-7-20(18)32-19)21(30)10-14-3-4-14/h1-2,5-6,8,11,14,18,20H,3-4,7,9-10,12-13H2,(H2,26,28)/t18?,20-,24-/m0/s1. The Balaban J connectivity index is 1.40. The minimum absolute atomic E-state index is 0.0910. The molecule has 4 aliphatic rings. The molecule has 2 aromatic rings. The number of ether oxygens (including phenoxy) is 2. The van der Waals surface area contributed by atoms with Crippen molar-refractivity contribution in [2.24, 2.45) is 22.6 Å². The number of benzene rings is 1. The highest BCUT2D eigenvalue weighted by molar-refractivity contribution is 5.78. The van der Waals surface area contributed by atoms with Crippen molar-refractivity contribution >= 4 is 11.9 Å². The number of halogens is 1. The smallest absolute Gasteiger partial charge is 0.283 e. The number of likely N-dealkylation sites (tertiary alicyclic amines) is 1. The Hall–Kier alpha value is -3.16. The van der Waals surface area contributed by atoms with Crippen LogP contribution in [0.3, 0.4) is 0 Å². The number of pyridine rings is 1. The number of nitrogens with zero attached hydrogens (tertiary/aromatic N) is 3. The number of hydrogen-bond donors (Lipinski definition) is 1. The van der Waals surface area contributed by atoms with Gasteiger partial charge in [-0.25, -0.2) is 9.98 Å². The lowest BCUT2D eigenvalue weighted by atomic mass is 9.71. The van der Waals surface area contributed by atoms with Crippen molar-refractivity contribution in [1.82, 2.24) is 9.88 Å². The Morgan fingerprint density at radius 1 is 1.28 bits per heavy atom. The number of aliphatic imine (C=N–C) groups is 1. The van der Waals surface area contributed by atoms with Gasteiger partial charge < -0.3 is 20.1 Å². The van der Waals surface area contributed by atoms with Crippen LogP contribution < -0.4 is 10.5 Å². The van der Waals surface area contributed by atoms with E-state index < -0.39 is 11.5 Å². The second-order valence-corrected chi connectivity index (χ2v) is 9.25. The molecule has 3 atom stereocenters. The minimum Gasteiger partial charge on any atom is -0.490 e. The number of amidine groups is 1. The van der Waals surface area contributed by atoms with Crippen molar-refractivity contribution in [3.8, 4) is 16.9 Å². The molecule has 1 saturated carbocycles.